The summed E-state index contributed by atoms with van der Waals surface area (Å²) < 4.78 is 0. The Bertz CT molecular complexity index is 438. The summed E-state index contributed by atoms with van der Waals surface area (Å²) in [5, 5.41) is 2.75. The molecule has 5 heteroatoms. The summed E-state index contributed by atoms with van der Waals surface area (Å²) >= 11 is 0. The quantitative estimate of drug-likeness (QED) is 0.727. The van der Waals surface area contributed by atoms with Crippen molar-refractivity contribution in [1.29, 1.82) is 0 Å². The fourth-order valence-electron chi connectivity index (χ4n) is 1.54. The van der Waals surface area contributed by atoms with Crippen LogP contribution < -0.4 is 10.9 Å². The fraction of sp³-hybridized carbons (Fsp3) is 0.500. The number of nitrogens with zero attached hydrogens (tertiary/aromatic N) is 1. The third kappa shape index (κ3) is 4.03. The minimum atomic E-state index is -0.338. The van der Waals surface area contributed by atoms with Crippen LogP contribution in [-0.2, 0) is 0 Å². The Balaban J connectivity index is 2.56. The lowest BCUT2D eigenvalue weighted by Gasteiger charge is -2.10. The van der Waals surface area contributed by atoms with E-state index in [0.29, 0.717) is 12.1 Å². The molecule has 0 unspecified atom stereocenters. The van der Waals surface area contributed by atoms with Gasteiger partial charge in [0.2, 0.25) is 0 Å². The molecule has 1 rings (SSSR count). The summed E-state index contributed by atoms with van der Waals surface area (Å²) in [7, 11) is 3.96. The number of amides is 1. The topological polar surface area (TPSA) is 65.2 Å². The normalized spacial score (nSPS) is 10.6. The van der Waals surface area contributed by atoms with Crippen LogP contribution in [0.5, 0.6) is 0 Å². The minimum Gasteiger partial charge on any atom is -0.352 e. The van der Waals surface area contributed by atoms with E-state index in [1.54, 1.807) is 19.2 Å². The van der Waals surface area contributed by atoms with Gasteiger partial charge >= 0.3 is 0 Å². The third-order valence-corrected chi connectivity index (χ3v) is 2.46. The number of pyridine rings is 1. The summed E-state index contributed by atoms with van der Waals surface area (Å²) in [6, 6.07) is 1.72. The average Bonchev–Trinajstić information content (AvgIpc) is 2.24. The van der Waals surface area contributed by atoms with Gasteiger partial charge in [0.25, 0.3) is 11.5 Å². The molecule has 0 aliphatic heterocycles. The molecule has 0 aliphatic rings. The number of aryl methyl sites for hydroxylation is 1. The molecule has 5 nitrogen and oxygen atoms in total. The number of H-pyrrole nitrogens is 1. The van der Waals surface area contributed by atoms with E-state index < -0.39 is 0 Å². The summed E-state index contributed by atoms with van der Waals surface area (Å²) in [5.41, 5.74) is 0.561. The summed E-state index contributed by atoms with van der Waals surface area (Å²) in [6.07, 6.45) is 2.41. The lowest BCUT2D eigenvalue weighted by atomic mass is 10.1. The van der Waals surface area contributed by atoms with Crippen LogP contribution in [0.4, 0.5) is 0 Å². The van der Waals surface area contributed by atoms with E-state index in [2.05, 4.69) is 10.3 Å². The van der Waals surface area contributed by atoms with E-state index in [-0.39, 0.29) is 17.0 Å². The number of aromatic nitrogens is 1. The Kier molecular flexibility index (Phi) is 4.90. The predicted molar refractivity (Wildman–Crippen MR) is 67.3 cm³/mol. The first-order chi connectivity index (χ1) is 8.02. The van der Waals surface area contributed by atoms with Crippen LogP contribution in [-0.4, -0.2) is 43.0 Å². The smallest absolute Gasteiger partial charge is 0.261 e. The van der Waals surface area contributed by atoms with Crippen molar-refractivity contribution in [3.8, 4) is 0 Å². The van der Waals surface area contributed by atoms with Crippen LogP contribution in [0.25, 0.3) is 0 Å². The molecule has 0 spiro atoms. The highest BCUT2D eigenvalue weighted by Crippen LogP contribution is 1.99. The van der Waals surface area contributed by atoms with Crippen molar-refractivity contribution in [2.45, 2.75) is 13.3 Å². The standard InChI is InChI=1S/C12H19N3O2/c1-9-5-7-14-12(17)10(9)11(16)13-6-4-8-15(2)3/h5,7H,4,6,8H2,1-3H3,(H,13,16)(H,14,17). The van der Waals surface area contributed by atoms with Crippen molar-refractivity contribution >= 4 is 5.91 Å². The fourth-order valence-corrected chi connectivity index (χ4v) is 1.54. The molecule has 17 heavy (non-hydrogen) atoms. The Morgan fingerprint density at radius 1 is 1.47 bits per heavy atom. The maximum Gasteiger partial charge on any atom is 0.261 e. The molecule has 1 aromatic rings. The van der Waals surface area contributed by atoms with Gasteiger partial charge in [0.05, 0.1) is 0 Å². The number of rotatable bonds is 5. The van der Waals surface area contributed by atoms with Gasteiger partial charge in [-0.05, 0) is 45.6 Å². The SMILES string of the molecule is Cc1cc[nH]c(=O)c1C(=O)NCCCN(C)C. The van der Waals surface area contributed by atoms with Crippen LogP contribution >= 0.6 is 0 Å². The lowest BCUT2D eigenvalue weighted by molar-refractivity contribution is 0.0950. The summed E-state index contributed by atoms with van der Waals surface area (Å²) in [5.74, 6) is -0.303. The number of aromatic amines is 1. The van der Waals surface area contributed by atoms with Gasteiger partial charge < -0.3 is 15.2 Å². The Morgan fingerprint density at radius 2 is 2.18 bits per heavy atom. The zero-order valence-corrected chi connectivity index (χ0v) is 10.5. The van der Waals surface area contributed by atoms with Gasteiger partial charge in [-0.1, -0.05) is 0 Å². The van der Waals surface area contributed by atoms with E-state index in [4.69, 9.17) is 0 Å². The first-order valence-corrected chi connectivity index (χ1v) is 5.63. The van der Waals surface area contributed by atoms with Gasteiger partial charge in [-0.2, -0.15) is 0 Å². The van der Waals surface area contributed by atoms with Crippen LogP contribution in [0.2, 0.25) is 0 Å². The van der Waals surface area contributed by atoms with E-state index in [0.717, 1.165) is 13.0 Å². The predicted octanol–water partition coefficient (Wildman–Crippen LogP) is 0.365. The largest absolute Gasteiger partial charge is 0.352 e. The summed E-state index contributed by atoms with van der Waals surface area (Å²) in [4.78, 5) is 27.8. The van der Waals surface area contributed by atoms with E-state index in [1.165, 1.54) is 0 Å². The molecule has 0 aromatic carbocycles. The van der Waals surface area contributed by atoms with Crippen molar-refractivity contribution in [3.63, 3.8) is 0 Å². The first-order valence-electron chi connectivity index (χ1n) is 5.63. The first kappa shape index (κ1) is 13.4. The van der Waals surface area contributed by atoms with Gasteiger partial charge in [0.1, 0.15) is 5.56 Å². The van der Waals surface area contributed by atoms with Crippen molar-refractivity contribution < 1.29 is 4.79 Å². The van der Waals surface area contributed by atoms with Gasteiger partial charge in [-0.15, -0.1) is 0 Å². The van der Waals surface area contributed by atoms with Crippen LogP contribution in [0.15, 0.2) is 17.1 Å². The van der Waals surface area contributed by atoms with Crippen molar-refractivity contribution in [2.75, 3.05) is 27.2 Å². The lowest BCUT2D eigenvalue weighted by Crippen LogP contribution is -2.32. The van der Waals surface area contributed by atoms with E-state index in [1.807, 2.05) is 19.0 Å². The Labute approximate surface area is 101 Å². The molecule has 0 atom stereocenters. The molecule has 1 amide bonds. The maximum atomic E-state index is 11.8. The Hall–Kier alpha value is -1.62. The molecule has 1 aromatic heterocycles. The molecule has 0 aliphatic carbocycles. The second-order valence-electron chi connectivity index (χ2n) is 4.28. The number of nitrogens with one attached hydrogen (secondary N) is 2. The second-order valence-corrected chi connectivity index (χ2v) is 4.28. The molecule has 0 saturated carbocycles. The van der Waals surface area contributed by atoms with Crippen molar-refractivity contribution in [2.24, 2.45) is 0 Å². The highest BCUT2D eigenvalue weighted by atomic mass is 16.2. The Morgan fingerprint density at radius 3 is 2.76 bits per heavy atom. The van der Waals surface area contributed by atoms with Gasteiger partial charge in [-0.25, -0.2) is 0 Å². The maximum absolute atomic E-state index is 11.8. The zero-order chi connectivity index (χ0) is 12.8. The molecule has 2 N–H and O–H groups in total. The van der Waals surface area contributed by atoms with Crippen molar-refractivity contribution in [1.82, 2.24) is 15.2 Å². The molecule has 0 fully saturated rings. The van der Waals surface area contributed by atoms with Crippen LogP contribution in [0, 0.1) is 6.92 Å². The van der Waals surface area contributed by atoms with Gasteiger partial charge in [0, 0.05) is 12.7 Å². The molecule has 0 radical (unpaired) electrons. The molecule has 1 heterocycles. The number of carbonyl (C=O) groups excluding carboxylic acids is 1. The van der Waals surface area contributed by atoms with Gasteiger partial charge in [0.15, 0.2) is 0 Å². The third-order valence-electron chi connectivity index (χ3n) is 2.46. The summed E-state index contributed by atoms with van der Waals surface area (Å²) in [6.45, 7) is 3.24. The molecular formula is C12H19N3O2. The minimum absolute atomic E-state index is 0.206. The van der Waals surface area contributed by atoms with Crippen LogP contribution in [0.1, 0.15) is 22.3 Å². The monoisotopic (exact) mass is 237 g/mol. The molecule has 0 saturated heterocycles. The number of hydrogen-bond acceptors (Lipinski definition) is 3. The molecule has 0 bridgehead atoms. The highest BCUT2D eigenvalue weighted by molar-refractivity contribution is 5.95. The second kappa shape index (κ2) is 6.20. The number of hydrogen-bond donors (Lipinski definition) is 2. The zero-order valence-electron chi connectivity index (χ0n) is 10.5. The van der Waals surface area contributed by atoms with E-state index in [9.17, 15) is 9.59 Å². The molecule has 94 valence electrons. The van der Waals surface area contributed by atoms with Crippen LogP contribution in [0.3, 0.4) is 0 Å². The highest BCUT2D eigenvalue weighted by Gasteiger charge is 2.12. The number of carbonyl (C=O) groups is 1. The van der Waals surface area contributed by atoms with Crippen molar-refractivity contribution in [3.05, 3.63) is 33.7 Å². The average molecular weight is 237 g/mol. The van der Waals surface area contributed by atoms with Gasteiger partial charge in [-0.3, -0.25) is 9.59 Å². The van der Waals surface area contributed by atoms with E-state index >= 15 is 0 Å². The molecular weight excluding hydrogens is 218 g/mol.